The first-order chi connectivity index (χ1) is 9.95. The molecule has 0 aliphatic carbocycles. The van der Waals surface area contributed by atoms with E-state index in [0.29, 0.717) is 15.8 Å². The van der Waals surface area contributed by atoms with Crippen LogP contribution >= 0.6 is 15.9 Å². The number of ether oxygens (including phenoxy) is 1. The number of nitrogens with two attached hydrogens (primary N) is 1. The molecule has 0 aliphatic heterocycles. The number of hydrogen-bond donors (Lipinski definition) is 2. The molecular weight excluding hydrogens is 339 g/mol. The Balaban J connectivity index is 1.95. The molecule has 0 fully saturated rings. The number of nitrogens with one attached hydrogen (secondary N) is 1. The van der Waals surface area contributed by atoms with Gasteiger partial charge in [0.05, 0.1) is 4.47 Å². The monoisotopic (exact) mass is 352 g/mol. The van der Waals surface area contributed by atoms with Crippen molar-refractivity contribution in [1.29, 1.82) is 0 Å². The van der Waals surface area contributed by atoms with Gasteiger partial charge in [0.15, 0.2) is 6.61 Å². The smallest absolute Gasteiger partial charge is 0.262 e. The normalized spacial score (nSPS) is 10.2. The van der Waals surface area contributed by atoms with E-state index in [1.54, 1.807) is 12.1 Å². The van der Waals surface area contributed by atoms with E-state index in [2.05, 4.69) is 21.2 Å². The highest BCUT2D eigenvalue weighted by atomic mass is 79.9. The second-order valence-corrected chi connectivity index (χ2v) is 5.34. The summed E-state index contributed by atoms with van der Waals surface area (Å²) in [6.45, 7) is 1.65. The van der Waals surface area contributed by atoms with Crippen LogP contribution in [0.3, 0.4) is 0 Å². The number of hydrogen-bond acceptors (Lipinski definition) is 3. The zero-order chi connectivity index (χ0) is 15.4. The molecule has 0 unspecified atom stereocenters. The van der Waals surface area contributed by atoms with E-state index >= 15 is 0 Å². The van der Waals surface area contributed by atoms with Crippen LogP contribution in [0.2, 0.25) is 0 Å². The Labute approximate surface area is 130 Å². The molecule has 2 aromatic rings. The van der Waals surface area contributed by atoms with Crippen LogP contribution in [0.25, 0.3) is 0 Å². The Morgan fingerprint density at radius 1 is 1.33 bits per heavy atom. The van der Waals surface area contributed by atoms with Gasteiger partial charge in [0, 0.05) is 17.4 Å². The molecule has 0 bridgehead atoms. The number of amides is 1. The topological polar surface area (TPSA) is 64.3 Å². The molecule has 6 heteroatoms. The van der Waals surface area contributed by atoms with Gasteiger partial charge < -0.3 is 15.8 Å². The van der Waals surface area contributed by atoms with Gasteiger partial charge in [-0.15, -0.1) is 0 Å². The predicted molar refractivity (Wildman–Crippen MR) is 83.8 cm³/mol. The summed E-state index contributed by atoms with van der Waals surface area (Å²) >= 11 is 3.22. The van der Waals surface area contributed by atoms with E-state index in [0.717, 1.165) is 5.56 Å². The summed E-state index contributed by atoms with van der Waals surface area (Å²) in [5.41, 5.74) is 7.89. The molecule has 4 nitrogen and oxygen atoms in total. The highest BCUT2D eigenvalue weighted by Crippen LogP contribution is 2.25. The third-order valence-electron chi connectivity index (χ3n) is 2.82. The van der Waals surface area contributed by atoms with Crippen molar-refractivity contribution in [3.63, 3.8) is 0 Å². The zero-order valence-electron chi connectivity index (χ0n) is 11.3. The van der Waals surface area contributed by atoms with Crippen molar-refractivity contribution in [2.45, 2.75) is 6.92 Å². The lowest BCUT2D eigenvalue weighted by molar-refractivity contribution is -0.118. The lowest BCUT2D eigenvalue weighted by atomic mass is 10.2. The third kappa shape index (κ3) is 4.19. The molecule has 0 aliphatic rings. The van der Waals surface area contributed by atoms with E-state index in [1.165, 1.54) is 18.2 Å². The molecule has 0 saturated carbocycles. The fourth-order valence-electron chi connectivity index (χ4n) is 1.65. The zero-order valence-corrected chi connectivity index (χ0v) is 12.9. The Hall–Kier alpha value is -2.08. The van der Waals surface area contributed by atoms with Crippen molar-refractivity contribution in [2.75, 3.05) is 17.7 Å². The second kappa shape index (κ2) is 6.58. The van der Waals surface area contributed by atoms with Crippen LogP contribution in [0.4, 0.5) is 15.8 Å². The maximum atomic E-state index is 13.1. The maximum Gasteiger partial charge on any atom is 0.262 e. The van der Waals surface area contributed by atoms with Gasteiger partial charge in [0.1, 0.15) is 11.6 Å². The average molecular weight is 353 g/mol. The molecule has 110 valence electrons. The van der Waals surface area contributed by atoms with Crippen LogP contribution in [0.1, 0.15) is 5.56 Å². The van der Waals surface area contributed by atoms with E-state index < -0.39 is 5.82 Å². The Morgan fingerprint density at radius 2 is 2.10 bits per heavy atom. The van der Waals surface area contributed by atoms with Gasteiger partial charge in [0.2, 0.25) is 0 Å². The minimum Gasteiger partial charge on any atom is -0.482 e. The van der Waals surface area contributed by atoms with Gasteiger partial charge >= 0.3 is 0 Å². The van der Waals surface area contributed by atoms with Crippen molar-refractivity contribution in [3.05, 3.63) is 52.3 Å². The molecule has 0 spiro atoms. The maximum absolute atomic E-state index is 13.1. The minimum atomic E-state index is -0.431. The molecule has 3 N–H and O–H groups in total. The number of nitrogen functional groups attached to an aromatic ring is 1. The Kier molecular flexibility index (Phi) is 4.80. The van der Waals surface area contributed by atoms with Crippen LogP contribution in [-0.4, -0.2) is 12.5 Å². The quantitative estimate of drug-likeness (QED) is 0.827. The standard InChI is InChI=1S/C15H14BrFN2O2/c1-9-2-4-11(7-13(9)18)19-15(20)8-21-14-6-10(17)3-5-12(14)16/h2-7H,8,18H2,1H3,(H,19,20). The molecular formula is C15H14BrFN2O2. The van der Waals surface area contributed by atoms with E-state index in [9.17, 15) is 9.18 Å². The number of carbonyl (C=O) groups excluding carboxylic acids is 1. The number of aryl methyl sites for hydroxylation is 1. The highest BCUT2D eigenvalue weighted by Gasteiger charge is 2.08. The summed E-state index contributed by atoms with van der Waals surface area (Å²) in [6, 6.07) is 9.26. The van der Waals surface area contributed by atoms with Crippen LogP contribution in [0.15, 0.2) is 40.9 Å². The first-order valence-electron chi connectivity index (χ1n) is 6.19. The summed E-state index contributed by atoms with van der Waals surface area (Å²) in [5.74, 6) is -0.511. The van der Waals surface area contributed by atoms with Crippen molar-refractivity contribution in [3.8, 4) is 5.75 Å². The fraction of sp³-hybridized carbons (Fsp3) is 0.133. The van der Waals surface area contributed by atoms with E-state index in [4.69, 9.17) is 10.5 Å². The second-order valence-electron chi connectivity index (χ2n) is 4.48. The molecule has 1 amide bonds. The number of halogens is 2. The average Bonchev–Trinajstić information content (AvgIpc) is 2.44. The van der Waals surface area contributed by atoms with Crippen LogP contribution in [0, 0.1) is 12.7 Å². The number of anilines is 2. The van der Waals surface area contributed by atoms with Crippen molar-refractivity contribution in [2.24, 2.45) is 0 Å². The lowest BCUT2D eigenvalue weighted by Crippen LogP contribution is -2.20. The number of carbonyl (C=O) groups is 1. The van der Waals surface area contributed by atoms with Gasteiger partial charge in [-0.25, -0.2) is 4.39 Å². The molecule has 0 saturated heterocycles. The first-order valence-corrected chi connectivity index (χ1v) is 6.99. The largest absolute Gasteiger partial charge is 0.482 e. The Morgan fingerprint density at radius 3 is 2.81 bits per heavy atom. The molecule has 0 aromatic heterocycles. The van der Waals surface area contributed by atoms with Gasteiger partial charge in [0.25, 0.3) is 5.91 Å². The van der Waals surface area contributed by atoms with Crippen molar-refractivity contribution in [1.82, 2.24) is 0 Å². The summed E-state index contributed by atoms with van der Waals surface area (Å²) in [6.07, 6.45) is 0. The summed E-state index contributed by atoms with van der Waals surface area (Å²) < 4.78 is 18.9. The lowest BCUT2D eigenvalue weighted by Gasteiger charge is -2.10. The molecule has 0 atom stereocenters. The third-order valence-corrected chi connectivity index (χ3v) is 3.47. The van der Waals surface area contributed by atoms with E-state index in [1.807, 2.05) is 13.0 Å². The number of benzene rings is 2. The van der Waals surface area contributed by atoms with Crippen molar-refractivity contribution >= 4 is 33.2 Å². The first kappa shape index (κ1) is 15.3. The van der Waals surface area contributed by atoms with Crippen molar-refractivity contribution < 1.29 is 13.9 Å². The van der Waals surface area contributed by atoms with Gasteiger partial charge in [-0.05, 0) is 52.7 Å². The fourth-order valence-corrected chi connectivity index (χ4v) is 2.01. The van der Waals surface area contributed by atoms with Crippen LogP contribution in [-0.2, 0) is 4.79 Å². The van der Waals surface area contributed by atoms with Crippen LogP contribution < -0.4 is 15.8 Å². The minimum absolute atomic E-state index is 0.226. The molecule has 2 rings (SSSR count). The molecule has 0 heterocycles. The Bertz CT molecular complexity index is 677. The van der Waals surface area contributed by atoms with Gasteiger partial charge in [-0.3, -0.25) is 4.79 Å². The molecule has 0 radical (unpaired) electrons. The molecule has 21 heavy (non-hydrogen) atoms. The van der Waals surface area contributed by atoms with E-state index in [-0.39, 0.29) is 18.3 Å². The van der Waals surface area contributed by atoms with Gasteiger partial charge in [-0.2, -0.15) is 0 Å². The summed E-state index contributed by atoms with van der Waals surface area (Å²) in [5, 5.41) is 2.66. The predicted octanol–water partition coefficient (Wildman–Crippen LogP) is 3.50. The SMILES string of the molecule is Cc1ccc(NC(=O)COc2cc(F)ccc2Br)cc1N. The summed E-state index contributed by atoms with van der Waals surface area (Å²) in [4.78, 5) is 11.8. The van der Waals surface area contributed by atoms with Crippen LogP contribution in [0.5, 0.6) is 5.75 Å². The highest BCUT2D eigenvalue weighted by molar-refractivity contribution is 9.10. The summed E-state index contributed by atoms with van der Waals surface area (Å²) in [7, 11) is 0. The van der Waals surface area contributed by atoms with Gasteiger partial charge in [-0.1, -0.05) is 6.07 Å². The molecule has 2 aromatic carbocycles. The number of rotatable bonds is 4.